The Bertz CT molecular complexity index is 755. The summed E-state index contributed by atoms with van der Waals surface area (Å²) in [7, 11) is 0. The minimum atomic E-state index is 0.259. The Morgan fingerprint density at radius 3 is 2.70 bits per heavy atom. The molecular weight excluding hydrogens is 431 g/mol. The van der Waals surface area contributed by atoms with Crippen molar-refractivity contribution in [2.45, 2.75) is 0 Å². The number of hydrogen-bond donors (Lipinski definition) is 2. The minimum absolute atomic E-state index is 0.259. The topological polar surface area (TPSA) is 67.6 Å². The summed E-state index contributed by atoms with van der Waals surface area (Å²) in [4.78, 5) is 11.7. The van der Waals surface area contributed by atoms with E-state index >= 15 is 0 Å². The predicted molar refractivity (Wildman–Crippen MR) is 92.1 cm³/mol. The first-order chi connectivity index (χ1) is 9.65. The van der Waals surface area contributed by atoms with E-state index < -0.39 is 0 Å². The summed E-state index contributed by atoms with van der Waals surface area (Å²) in [6.45, 7) is 0. The van der Waals surface area contributed by atoms with Gasteiger partial charge in [0, 0.05) is 15.5 Å². The maximum atomic E-state index is 5.67. The average molecular weight is 441 g/mol. The molecule has 0 saturated heterocycles. The Morgan fingerprint density at radius 1 is 1.20 bits per heavy atom. The first-order valence-corrected chi connectivity index (χ1v) is 7.74. The van der Waals surface area contributed by atoms with E-state index in [2.05, 4.69) is 71.7 Å². The van der Waals surface area contributed by atoms with Gasteiger partial charge in [-0.1, -0.05) is 30.3 Å². The van der Waals surface area contributed by atoms with Crippen LogP contribution in [0.1, 0.15) is 0 Å². The van der Waals surface area contributed by atoms with Crippen LogP contribution in [0.3, 0.4) is 0 Å². The third-order valence-corrected chi connectivity index (χ3v) is 4.28. The SMILES string of the molecule is Nc1ncc(Br)c(-c2[nH]c(-c3ccccc3)cc2I)n1. The molecule has 1 aromatic carbocycles. The van der Waals surface area contributed by atoms with Crippen LogP contribution in [0.2, 0.25) is 0 Å². The highest BCUT2D eigenvalue weighted by Crippen LogP contribution is 2.32. The lowest BCUT2D eigenvalue weighted by Gasteiger charge is -2.03. The third kappa shape index (κ3) is 2.57. The lowest BCUT2D eigenvalue weighted by molar-refractivity contribution is 1.16. The Hall–Kier alpha value is -1.41. The Balaban J connectivity index is 2.12. The molecule has 6 heteroatoms. The largest absolute Gasteiger partial charge is 0.368 e. The second kappa shape index (κ2) is 5.53. The van der Waals surface area contributed by atoms with Crippen molar-refractivity contribution >= 4 is 44.5 Å². The number of aromatic amines is 1. The molecule has 0 amide bonds. The molecule has 0 spiro atoms. The number of anilines is 1. The van der Waals surface area contributed by atoms with Crippen molar-refractivity contribution in [3.8, 4) is 22.6 Å². The van der Waals surface area contributed by atoms with Crippen molar-refractivity contribution in [3.63, 3.8) is 0 Å². The molecule has 0 atom stereocenters. The summed E-state index contributed by atoms with van der Waals surface area (Å²) in [5.41, 5.74) is 9.56. The summed E-state index contributed by atoms with van der Waals surface area (Å²) in [6, 6.07) is 12.3. The van der Waals surface area contributed by atoms with E-state index in [-0.39, 0.29) is 5.95 Å². The van der Waals surface area contributed by atoms with Gasteiger partial charge in [0.25, 0.3) is 0 Å². The molecule has 3 aromatic rings. The molecule has 0 aliphatic carbocycles. The van der Waals surface area contributed by atoms with Crippen molar-refractivity contribution < 1.29 is 0 Å². The first kappa shape index (κ1) is 13.6. The molecule has 4 nitrogen and oxygen atoms in total. The smallest absolute Gasteiger partial charge is 0.220 e. The summed E-state index contributed by atoms with van der Waals surface area (Å²) >= 11 is 5.75. The van der Waals surface area contributed by atoms with Crippen LogP contribution >= 0.6 is 38.5 Å². The minimum Gasteiger partial charge on any atom is -0.368 e. The summed E-state index contributed by atoms with van der Waals surface area (Å²) in [6.07, 6.45) is 1.66. The quantitative estimate of drug-likeness (QED) is 0.590. The first-order valence-electron chi connectivity index (χ1n) is 5.87. The molecule has 0 radical (unpaired) electrons. The number of rotatable bonds is 2. The zero-order valence-electron chi connectivity index (χ0n) is 10.3. The lowest BCUT2D eigenvalue weighted by Crippen LogP contribution is -1.97. The van der Waals surface area contributed by atoms with Crippen molar-refractivity contribution in [1.29, 1.82) is 0 Å². The molecule has 0 unspecified atom stereocenters. The molecular formula is C14H10BrIN4. The van der Waals surface area contributed by atoms with Gasteiger partial charge < -0.3 is 10.7 Å². The van der Waals surface area contributed by atoms with Crippen molar-refractivity contribution in [3.05, 3.63) is 50.6 Å². The molecule has 0 bridgehead atoms. The van der Waals surface area contributed by atoms with Crippen LogP contribution in [-0.2, 0) is 0 Å². The summed E-state index contributed by atoms with van der Waals surface area (Å²) in [5, 5.41) is 0. The standard InChI is InChI=1S/C14H10BrIN4/c15-9-7-18-14(17)20-12(9)13-10(16)6-11(19-13)8-4-2-1-3-5-8/h1-7,19H,(H2,17,18,20). The van der Waals surface area contributed by atoms with Crippen molar-refractivity contribution in [2.75, 3.05) is 5.73 Å². The van der Waals surface area contributed by atoms with Gasteiger partial charge in [-0.3, -0.25) is 0 Å². The molecule has 20 heavy (non-hydrogen) atoms. The normalized spacial score (nSPS) is 10.7. The van der Waals surface area contributed by atoms with Crippen molar-refractivity contribution in [1.82, 2.24) is 15.0 Å². The number of nitrogens with one attached hydrogen (secondary N) is 1. The summed E-state index contributed by atoms with van der Waals surface area (Å²) < 4.78 is 1.89. The van der Waals surface area contributed by atoms with E-state index in [0.717, 1.165) is 30.7 Å². The van der Waals surface area contributed by atoms with Crippen LogP contribution in [0, 0.1) is 3.57 Å². The molecule has 3 N–H and O–H groups in total. The fourth-order valence-electron chi connectivity index (χ4n) is 1.93. The average Bonchev–Trinajstić information content (AvgIpc) is 2.84. The van der Waals surface area contributed by atoms with Gasteiger partial charge >= 0.3 is 0 Å². The zero-order chi connectivity index (χ0) is 14.1. The van der Waals surface area contributed by atoms with Crippen LogP contribution in [0.25, 0.3) is 22.6 Å². The lowest BCUT2D eigenvalue weighted by atomic mass is 10.2. The molecule has 0 fully saturated rings. The van der Waals surface area contributed by atoms with Crippen molar-refractivity contribution in [2.24, 2.45) is 0 Å². The molecule has 2 heterocycles. The van der Waals surface area contributed by atoms with Gasteiger partial charge in [0.1, 0.15) is 5.69 Å². The second-order valence-corrected chi connectivity index (χ2v) is 6.21. The molecule has 0 saturated carbocycles. The van der Waals surface area contributed by atoms with Gasteiger partial charge in [0.2, 0.25) is 5.95 Å². The maximum absolute atomic E-state index is 5.67. The second-order valence-electron chi connectivity index (χ2n) is 4.20. The number of benzene rings is 1. The number of aromatic nitrogens is 3. The van der Waals surface area contributed by atoms with Crippen LogP contribution in [-0.4, -0.2) is 15.0 Å². The number of nitrogens with zero attached hydrogens (tertiary/aromatic N) is 2. The van der Waals surface area contributed by atoms with E-state index in [4.69, 9.17) is 5.73 Å². The number of hydrogen-bond acceptors (Lipinski definition) is 3. The van der Waals surface area contributed by atoms with Gasteiger partial charge in [0.05, 0.1) is 10.2 Å². The van der Waals surface area contributed by atoms with Crippen LogP contribution in [0.4, 0.5) is 5.95 Å². The molecule has 100 valence electrons. The fraction of sp³-hybridized carbons (Fsp3) is 0. The highest BCUT2D eigenvalue weighted by molar-refractivity contribution is 14.1. The Labute approximate surface area is 138 Å². The van der Waals surface area contributed by atoms with Gasteiger partial charge in [-0.05, 0) is 50.2 Å². The molecule has 0 aliphatic rings. The third-order valence-electron chi connectivity index (χ3n) is 2.85. The number of halogens is 2. The number of nitrogen functional groups attached to an aromatic ring is 1. The fourth-order valence-corrected chi connectivity index (χ4v) is 3.02. The molecule has 3 rings (SSSR count). The van der Waals surface area contributed by atoms with Gasteiger partial charge in [0.15, 0.2) is 0 Å². The van der Waals surface area contributed by atoms with Gasteiger partial charge in [-0.15, -0.1) is 0 Å². The van der Waals surface area contributed by atoms with Crippen LogP contribution < -0.4 is 5.73 Å². The molecule has 0 aliphatic heterocycles. The number of nitrogens with two attached hydrogens (primary N) is 1. The van der Waals surface area contributed by atoms with Crippen LogP contribution in [0.15, 0.2) is 47.1 Å². The highest BCUT2D eigenvalue weighted by Gasteiger charge is 2.14. The zero-order valence-corrected chi connectivity index (χ0v) is 14.0. The van der Waals surface area contributed by atoms with Gasteiger partial charge in [-0.25, -0.2) is 9.97 Å². The Kier molecular flexibility index (Phi) is 3.75. The Morgan fingerprint density at radius 2 is 1.95 bits per heavy atom. The summed E-state index contributed by atoms with van der Waals surface area (Å²) in [5.74, 6) is 0.259. The van der Waals surface area contributed by atoms with Gasteiger partial charge in [-0.2, -0.15) is 0 Å². The monoisotopic (exact) mass is 440 g/mol. The van der Waals surface area contributed by atoms with E-state index in [1.54, 1.807) is 6.20 Å². The van der Waals surface area contributed by atoms with Crippen LogP contribution in [0.5, 0.6) is 0 Å². The van der Waals surface area contributed by atoms with E-state index in [1.165, 1.54) is 0 Å². The van der Waals surface area contributed by atoms with E-state index in [9.17, 15) is 0 Å². The maximum Gasteiger partial charge on any atom is 0.220 e. The predicted octanol–water partition coefficient (Wildman–Crippen LogP) is 4.09. The number of H-pyrrole nitrogens is 1. The highest BCUT2D eigenvalue weighted by atomic mass is 127. The molecule has 2 aromatic heterocycles. The van der Waals surface area contributed by atoms with E-state index in [0.29, 0.717) is 0 Å². The van der Waals surface area contributed by atoms with E-state index in [1.807, 2.05) is 18.2 Å².